The fourth-order valence-corrected chi connectivity index (χ4v) is 5.27. The van der Waals surface area contributed by atoms with Gasteiger partial charge in [0.15, 0.2) is 0 Å². The summed E-state index contributed by atoms with van der Waals surface area (Å²) < 4.78 is 2.34. The quantitative estimate of drug-likeness (QED) is 0.349. The summed E-state index contributed by atoms with van der Waals surface area (Å²) in [7, 11) is 0. The third-order valence-corrected chi connectivity index (χ3v) is 8.18. The Hall–Kier alpha value is -2.35. The van der Waals surface area contributed by atoms with E-state index >= 15 is 0 Å². The molecule has 0 spiro atoms. The van der Waals surface area contributed by atoms with Gasteiger partial charge in [-0.05, 0) is 57.9 Å². The molecule has 2 heteroatoms. The molecule has 0 fully saturated rings. The molecule has 2 aromatic heterocycles. The van der Waals surface area contributed by atoms with Crippen LogP contribution in [0.5, 0.6) is 0 Å². The number of aryl methyl sites for hydroxylation is 1. The Labute approximate surface area is 161 Å². The van der Waals surface area contributed by atoms with Gasteiger partial charge in [0, 0.05) is 11.1 Å². The highest BCUT2D eigenvalue weighted by atomic mass is 15.0. The summed E-state index contributed by atoms with van der Waals surface area (Å²) in [5.74, 6) is 0. The summed E-state index contributed by atoms with van der Waals surface area (Å²) in [6.45, 7) is 16.6. The Morgan fingerprint density at radius 2 is 1.44 bits per heavy atom. The fourth-order valence-electron chi connectivity index (χ4n) is 5.27. The first-order valence-corrected chi connectivity index (χ1v) is 9.93. The zero-order valence-electron chi connectivity index (χ0n) is 17.4. The van der Waals surface area contributed by atoms with Gasteiger partial charge >= 0.3 is 0 Å². The first-order chi connectivity index (χ1) is 12.6. The summed E-state index contributed by atoms with van der Waals surface area (Å²) in [5, 5.41) is 2.48. The predicted octanol–water partition coefficient (Wildman–Crippen LogP) is 6.54. The van der Waals surface area contributed by atoms with Crippen LogP contribution in [-0.4, -0.2) is 9.38 Å². The lowest BCUT2D eigenvalue weighted by Gasteiger charge is -2.44. The van der Waals surface area contributed by atoms with Crippen molar-refractivity contribution in [2.24, 2.45) is 5.41 Å². The maximum Gasteiger partial charge on any atom is 0.146 e. The van der Waals surface area contributed by atoms with Crippen LogP contribution in [0, 0.1) is 12.3 Å². The molecule has 2 aromatic carbocycles. The zero-order valence-corrected chi connectivity index (χ0v) is 17.4. The van der Waals surface area contributed by atoms with Gasteiger partial charge in [0.05, 0.1) is 11.0 Å². The number of benzene rings is 2. The van der Waals surface area contributed by atoms with Crippen molar-refractivity contribution >= 4 is 27.5 Å². The van der Waals surface area contributed by atoms with Crippen molar-refractivity contribution in [2.75, 3.05) is 0 Å². The van der Waals surface area contributed by atoms with Crippen molar-refractivity contribution < 1.29 is 0 Å². The van der Waals surface area contributed by atoms with Gasteiger partial charge in [-0.3, -0.25) is 4.40 Å². The Bertz CT molecular complexity index is 1250. The van der Waals surface area contributed by atoms with Crippen molar-refractivity contribution in [3.63, 3.8) is 0 Å². The van der Waals surface area contributed by atoms with E-state index in [1.807, 2.05) is 0 Å². The highest BCUT2D eigenvalue weighted by Gasteiger charge is 2.56. The number of imidazole rings is 1. The number of nitrogens with zero attached hydrogens (tertiary/aromatic N) is 2. The smallest absolute Gasteiger partial charge is 0.146 e. The van der Waals surface area contributed by atoms with Crippen molar-refractivity contribution in [3.8, 4) is 0 Å². The molecule has 2 heterocycles. The molecule has 0 saturated heterocycles. The van der Waals surface area contributed by atoms with Crippen LogP contribution in [0.4, 0.5) is 0 Å². The van der Waals surface area contributed by atoms with Crippen LogP contribution < -0.4 is 0 Å². The van der Waals surface area contributed by atoms with Crippen LogP contribution in [0.1, 0.15) is 58.4 Å². The largest absolute Gasteiger partial charge is 0.296 e. The first-order valence-electron chi connectivity index (χ1n) is 9.93. The Balaban J connectivity index is 1.96. The second kappa shape index (κ2) is 4.73. The Morgan fingerprint density at radius 3 is 2.15 bits per heavy atom. The summed E-state index contributed by atoms with van der Waals surface area (Å²) in [4.78, 5) is 5.11. The van der Waals surface area contributed by atoms with Crippen molar-refractivity contribution in [1.29, 1.82) is 0 Å². The van der Waals surface area contributed by atoms with Crippen LogP contribution in [0.25, 0.3) is 27.5 Å². The molecule has 1 aliphatic carbocycles. The molecule has 0 unspecified atom stereocenters. The van der Waals surface area contributed by atoms with E-state index in [9.17, 15) is 0 Å². The summed E-state index contributed by atoms with van der Waals surface area (Å²) in [6.07, 6.45) is 0. The average Bonchev–Trinajstić information content (AvgIpc) is 3.03. The second-order valence-corrected chi connectivity index (χ2v) is 9.91. The number of fused-ring (bicyclic) bond motifs is 6. The molecule has 0 atom stereocenters. The maximum absolute atomic E-state index is 5.11. The molecule has 1 aliphatic rings. The highest BCUT2D eigenvalue weighted by molar-refractivity contribution is 5.99. The first kappa shape index (κ1) is 16.8. The normalized spacial score (nSPS) is 19.8. The molecule has 4 aromatic rings. The molecule has 0 aliphatic heterocycles. The van der Waals surface area contributed by atoms with Crippen LogP contribution in [0.15, 0.2) is 42.5 Å². The summed E-state index contributed by atoms with van der Waals surface area (Å²) >= 11 is 0. The van der Waals surface area contributed by atoms with E-state index in [1.165, 1.54) is 33.1 Å². The molecule has 0 saturated carbocycles. The molecule has 0 amide bonds. The summed E-state index contributed by atoms with van der Waals surface area (Å²) in [6, 6.07) is 15.6. The molecule has 0 N–H and O–H groups in total. The van der Waals surface area contributed by atoms with Gasteiger partial charge in [-0.15, -0.1) is 0 Å². The number of hydrogen-bond acceptors (Lipinski definition) is 1. The van der Waals surface area contributed by atoms with Crippen LogP contribution >= 0.6 is 0 Å². The zero-order chi connectivity index (χ0) is 19.4. The summed E-state index contributed by atoms with van der Waals surface area (Å²) in [5.41, 5.74) is 7.95. The molecule has 27 heavy (non-hydrogen) atoms. The number of aromatic nitrogens is 2. The average molecular weight is 357 g/mol. The lowest BCUT2D eigenvalue weighted by Crippen LogP contribution is -2.42. The molecular weight excluding hydrogens is 328 g/mol. The molecular formula is C25H28N2. The van der Waals surface area contributed by atoms with Crippen LogP contribution in [0.2, 0.25) is 0 Å². The van der Waals surface area contributed by atoms with Gasteiger partial charge < -0.3 is 0 Å². The third-order valence-electron chi connectivity index (χ3n) is 8.18. The van der Waals surface area contributed by atoms with E-state index in [1.54, 1.807) is 0 Å². The van der Waals surface area contributed by atoms with E-state index in [2.05, 4.69) is 95.3 Å². The van der Waals surface area contributed by atoms with Crippen molar-refractivity contribution in [2.45, 2.75) is 59.3 Å². The number of hydrogen-bond donors (Lipinski definition) is 0. The molecule has 2 nitrogen and oxygen atoms in total. The van der Waals surface area contributed by atoms with E-state index in [0.717, 1.165) is 11.2 Å². The minimum atomic E-state index is 0.104. The van der Waals surface area contributed by atoms with Crippen LogP contribution in [-0.2, 0) is 10.8 Å². The van der Waals surface area contributed by atoms with E-state index in [-0.39, 0.29) is 16.2 Å². The van der Waals surface area contributed by atoms with E-state index in [4.69, 9.17) is 4.98 Å². The molecule has 5 rings (SSSR count). The standard InChI is InChI=1S/C25H28N2/c1-15-12-16-10-8-9-11-17(16)22-26-20-13-18-19(14-21(20)27(15)22)24(4,5)25(6,7)23(18,2)3/h8-14H,1-7H3. The Kier molecular flexibility index (Phi) is 2.94. The minimum absolute atomic E-state index is 0.104. The van der Waals surface area contributed by atoms with Crippen LogP contribution in [0.3, 0.4) is 0 Å². The number of pyridine rings is 1. The maximum atomic E-state index is 5.11. The van der Waals surface area contributed by atoms with Gasteiger partial charge in [-0.1, -0.05) is 65.8 Å². The van der Waals surface area contributed by atoms with Gasteiger partial charge in [-0.25, -0.2) is 4.98 Å². The minimum Gasteiger partial charge on any atom is -0.296 e. The monoisotopic (exact) mass is 356 g/mol. The number of rotatable bonds is 0. The fraction of sp³-hybridized carbons (Fsp3) is 0.400. The van der Waals surface area contributed by atoms with Gasteiger partial charge in [0.2, 0.25) is 0 Å². The second-order valence-electron chi connectivity index (χ2n) is 9.91. The topological polar surface area (TPSA) is 17.3 Å². The van der Waals surface area contributed by atoms with E-state index < -0.39 is 0 Å². The van der Waals surface area contributed by atoms with Gasteiger partial charge in [-0.2, -0.15) is 0 Å². The molecule has 0 bridgehead atoms. The van der Waals surface area contributed by atoms with Gasteiger partial charge in [0.25, 0.3) is 0 Å². The predicted molar refractivity (Wildman–Crippen MR) is 115 cm³/mol. The SMILES string of the molecule is Cc1cc2ccccc2c2nc3cc4c(cc3n12)C(C)(C)C(C)(C)C4(C)C. The third kappa shape index (κ3) is 1.79. The van der Waals surface area contributed by atoms with E-state index in [0.29, 0.717) is 0 Å². The van der Waals surface area contributed by atoms with Crippen molar-refractivity contribution in [3.05, 3.63) is 59.3 Å². The lowest BCUT2D eigenvalue weighted by molar-refractivity contribution is 0.125. The molecule has 0 radical (unpaired) electrons. The van der Waals surface area contributed by atoms with Gasteiger partial charge in [0.1, 0.15) is 5.65 Å². The molecule has 138 valence electrons. The highest BCUT2D eigenvalue weighted by Crippen LogP contribution is 2.61. The lowest BCUT2D eigenvalue weighted by atomic mass is 9.59. The van der Waals surface area contributed by atoms with Crippen molar-refractivity contribution in [1.82, 2.24) is 9.38 Å². The Morgan fingerprint density at radius 1 is 0.815 bits per heavy atom.